The normalized spacial score (nSPS) is 15.5. The smallest absolute Gasteiger partial charge is 0.287 e. The van der Waals surface area contributed by atoms with Crippen molar-refractivity contribution >= 4 is 17.3 Å². The van der Waals surface area contributed by atoms with E-state index >= 15 is 0 Å². The van der Waals surface area contributed by atoms with Gasteiger partial charge in [-0.3, -0.25) is 4.79 Å². The molecule has 0 aromatic carbocycles. The molecule has 1 N–H and O–H groups in total. The summed E-state index contributed by atoms with van der Waals surface area (Å²) in [6.07, 6.45) is 5.28. The second-order valence-corrected chi connectivity index (χ2v) is 4.35. The number of hydrogen-bond acceptors (Lipinski definition) is 4. The van der Waals surface area contributed by atoms with Crippen LogP contribution in [0.2, 0.25) is 5.02 Å². The van der Waals surface area contributed by atoms with Gasteiger partial charge in [0.05, 0.1) is 11.9 Å². The number of aliphatic hydroxyl groups excluding tert-OH is 1. The van der Waals surface area contributed by atoms with Crippen LogP contribution in [0.4, 0.5) is 5.69 Å². The Balaban J connectivity index is 2.25. The lowest BCUT2D eigenvalue weighted by molar-refractivity contribution is 0.275. The number of aryl methyl sites for hydroxylation is 1. The van der Waals surface area contributed by atoms with Gasteiger partial charge in [-0.2, -0.15) is 5.10 Å². The maximum atomic E-state index is 11.9. The fourth-order valence-corrected chi connectivity index (χ4v) is 2.13. The lowest BCUT2D eigenvalue weighted by atomic mass is 10.4. The molecule has 1 aliphatic rings. The Morgan fingerprint density at radius 1 is 1.53 bits per heavy atom. The van der Waals surface area contributed by atoms with E-state index in [2.05, 4.69) is 11.5 Å². The molecule has 2 rings (SSSR count). The van der Waals surface area contributed by atoms with Gasteiger partial charge in [-0.1, -0.05) is 11.6 Å². The SMILES string of the molecule is O=c1c(Cl)c(N2C[CH]CC2)cnn1CCCO. The minimum absolute atomic E-state index is 0.0363. The van der Waals surface area contributed by atoms with Crippen molar-refractivity contribution in [3.8, 4) is 0 Å². The van der Waals surface area contributed by atoms with Crippen LogP contribution in [0.5, 0.6) is 0 Å². The molecule has 5 nitrogen and oxygen atoms in total. The van der Waals surface area contributed by atoms with Crippen molar-refractivity contribution in [1.29, 1.82) is 0 Å². The van der Waals surface area contributed by atoms with Crippen LogP contribution in [0.25, 0.3) is 0 Å². The fraction of sp³-hybridized carbons (Fsp3) is 0.545. The van der Waals surface area contributed by atoms with Gasteiger partial charge in [0.1, 0.15) is 5.02 Å². The van der Waals surface area contributed by atoms with Gasteiger partial charge in [0.15, 0.2) is 0 Å². The Morgan fingerprint density at radius 3 is 3.00 bits per heavy atom. The first-order valence-electron chi connectivity index (χ1n) is 5.67. The number of aromatic nitrogens is 2. The standard InChI is InChI=1S/C11H15ClN3O2/c12-10-9(14-4-1-2-5-14)8-13-15(11(10)17)6-3-7-16/h1,8,16H,2-7H2. The van der Waals surface area contributed by atoms with Crippen molar-refractivity contribution in [2.45, 2.75) is 19.4 Å². The highest BCUT2D eigenvalue weighted by Gasteiger charge is 2.18. The molecule has 1 radical (unpaired) electrons. The van der Waals surface area contributed by atoms with Crippen LogP contribution in [-0.4, -0.2) is 34.6 Å². The molecule has 17 heavy (non-hydrogen) atoms. The van der Waals surface area contributed by atoms with E-state index in [0.29, 0.717) is 18.7 Å². The summed E-state index contributed by atoms with van der Waals surface area (Å²) in [6.45, 7) is 2.11. The van der Waals surface area contributed by atoms with Crippen molar-refractivity contribution in [3.63, 3.8) is 0 Å². The molecule has 1 fully saturated rings. The maximum Gasteiger partial charge on any atom is 0.287 e. The number of hydrogen-bond donors (Lipinski definition) is 1. The average Bonchev–Trinajstić information content (AvgIpc) is 2.85. The van der Waals surface area contributed by atoms with Gasteiger partial charge in [0, 0.05) is 26.2 Å². The summed E-state index contributed by atoms with van der Waals surface area (Å²) in [5.74, 6) is 0. The molecule has 0 saturated carbocycles. The molecule has 0 bridgehead atoms. The van der Waals surface area contributed by atoms with Crippen molar-refractivity contribution in [3.05, 3.63) is 28.0 Å². The Bertz CT molecular complexity index is 441. The number of rotatable bonds is 4. The van der Waals surface area contributed by atoms with Crippen LogP contribution in [0.3, 0.4) is 0 Å². The topological polar surface area (TPSA) is 58.4 Å². The third-order valence-electron chi connectivity index (χ3n) is 2.79. The van der Waals surface area contributed by atoms with Crippen LogP contribution in [-0.2, 0) is 6.54 Å². The van der Waals surface area contributed by atoms with Crippen molar-refractivity contribution in [1.82, 2.24) is 9.78 Å². The first kappa shape index (κ1) is 12.4. The summed E-state index contributed by atoms with van der Waals surface area (Å²) in [4.78, 5) is 13.9. The summed E-state index contributed by atoms with van der Waals surface area (Å²) < 4.78 is 1.29. The molecular formula is C11H15ClN3O2. The minimum Gasteiger partial charge on any atom is -0.396 e. The molecule has 1 aromatic rings. The predicted octanol–water partition coefficient (Wildman–Crippen LogP) is 0.693. The Labute approximate surface area is 105 Å². The van der Waals surface area contributed by atoms with E-state index < -0.39 is 0 Å². The summed E-state index contributed by atoms with van der Waals surface area (Å²) in [5, 5.41) is 13.0. The number of halogens is 1. The summed E-state index contributed by atoms with van der Waals surface area (Å²) >= 11 is 6.07. The first-order valence-corrected chi connectivity index (χ1v) is 6.05. The summed E-state index contributed by atoms with van der Waals surface area (Å²) in [5.41, 5.74) is 0.412. The minimum atomic E-state index is -0.287. The zero-order valence-corrected chi connectivity index (χ0v) is 10.2. The van der Waals surface area contributed by atoms with Crippen LogP contribution in [0.1, 0.15) is 12.8 Å². The maximum absolute atomic E-state index is 11.9. The summed E-state index contributed by atoms with van der Waals surface area (Å²) in [6, 6.07) is 0. The van der Waals surface area contributed by atoms with E-state index in [9.17, 15) is 4.79 Å². The van der Waals surface area contributed by atoms with Crippen LogP contribution >= 0.6 is 11.6 Å². The van der Waals surface area contributed by atoms with E-state index in [0.717, 1.165) is 19.5 Å². The molecule has 6 heteroatoms. The van der Waals surface area contributed by atoms with E-state index in [-0.39, 0.29) is 17.2 Å². The third-order valence-corrected chi connectivity index (χ3v) is 3.14. The molecule has 0 amide bonds. The van der Waals surface area contributed by atoms with Crippen molar-refractivity contribution in [2.75, 3.05) is 24.6 Å². The molecular weight excluding hydrogens is 242 g/mol. The Kier molecular flexibility index (Phi) is 4.02. The first-order chi connectivity index (χ1) is 8.24. The van der Waals surface area contributed by atoms with Gasteiger partial charge >= 0.3 is 0 Å². The van der Waals surface area contributed by atoms with Crippen molar-refractivity contribution < 1.29 is 5.11 Å². The molecule has 1 aromatic heterocycles. The number of anilines is 1. The lowest BCUT2D eigenvalue weighted by Crippen LogP contribution is -2.28. The molecule has 2 heterocycles. The van der Waals surface area contributed by atoms with E-state index in [1.807, 2.05) is 4.90 Å². The van der Waals surface area contributed by atoms with Crippen LogP contribution in [0, 0.1) is 6.42 Å². The summed E-state index contributed by atoms with van der Waals surface area (Å²) in [7, 11) is 0. The molecule has 1 saturated heterocycles. The molecule has 0 atom stereocenters. The van der Waals surface area contributed by atoms with Crippen LogP contribution < -0.4 is 10.5 Å². The van der Waals surface area contributed by atoms with Gasteiger partial charge in [0.2, 0.25) is 0 Å². The van der Waals surface area contributed by atoms with E-state index in [1.54, 1.807) is 6.20 Å². The zero-order valence-electron chi connectivity index (χ0n) is 9.47. The largest absolute Gasteiger partial charge is 0.396 e. The molecule has 0 unspecified atom stereocenters. The fourth-order valence-electron chi connectivity index (χ4n) is 1.86. The lowest BCUT2D eigenvalue weighted by Gasteiger charge is -2.18. The Hall–Kier alpha value is -1.07. The molecule has 0 aliphatic carbocycles. The van der Waals surface area contributed by atoms with Gasteiger partial charge in [-0.25, -0.2) is 4.68 Å². The van der Waals surface area contributed by atoms with Gasteiger partial charge in [0.25, 0.3) is 5.56 Å². The zero-order chi connectivity index (χ0) is 12.3. The van der Waals surface area contributed by atoms with E-state index in [4.69, 9.17) is 16.7 Å². The van der Waals surface area contributed by atoms with Gasteiger partial charge in [-0.05, 0) is 19.3 Å². The average molecular weight is 257 g/mol. The third kappa shape index (κ3) is 2.61. The molecule has 93 valence electrons. The predicted molar refractivity (Wildman–Crippen MR) is 66.3 cm³/mol. The second-order valence-electron chi connectivity index (χ2n) is 3.97. The van der Waals surface area contributed by atoms with E-state index in [1.165, 1.54) is 4.68 Å². The highest BCUT2D eigenvalue weighted by Crippen LogP contribution is 2.24. The quantitative estimate of drug-likeness (QED) is 0.861. The highest BCUT2D eigenvalue weighted by molar-refractivity contribution is 6.33. The number of aliphatic hydroxyl groups is 1. The van der Waals surface area contributed by atoms with Gasteiger partial charge < -0.3 is 10.0 Å². The van der Waals surface area contributed by atoms with Gasteiger partial charge in [-0.15, -0.1) is 0 Å². The monoisotopic (exact) mass is 256 g/mol. The molecule has 1 aliphatic heterocycles. The number of nitrogens with zero attached hydrogens (tertiary/aromatic N) is 3. The van der Waals surface area contributed by atoms with Crippen LogP contribution in [0.15, 0.2) is 11.0 Å². The molecule has 0 spiro atoms. The Morgan fingerprint density at radius 2 is 2.35 bits per heavy atom. The van der Waals surface area contributed by atoms with Crippen molar-refractivity contribution in [2.24, 2.45) is 0 Å². The highest BCUT2D eigenvalue weighted by atomic mass is 35.5. The second kappa shape index (κ2) is 5.51.